The highest BCUT2D eigenvalue weighted by Gasteiger charge is 2.17. The van der Waals surface area contributed by atoms with Crippen LogP contribution in [0.5, 0.6) is 0 Å². The minimum atomic E-state index is -0.0274. The van der Waals surface area contributed by atoms with Gasteiger partial charge in [-0.2, -0.15) is 0 Å². The van der Waals surface area contributed by atoms with Crippen molar-refractivity contribution >= 4 is 5.91 Å². The predicted molar refractivity (Wildman–Crippen MR) is 71.0 cm³/mol. The lowest BCUT2D eigenvalue weighted by Gasteiger charge is -2.27. The third-order valence-corrected chi connectivity index (χ3v) is 2.27. The molecule has 102 valence electrons. The second kappa shape index (κ2) is 7.67. The van der Waals surface area contributed by atoms with E-state index >= 15 is 0 Å². The lowest BCUT2D eigenvalue weighted by molar-refractivity contribution is -0.131. The Kier molecular flexibility index (Phi) is 7.39. The minimum Gasteiger partial charge on any atom is -0.383 e. The van der Waals surface area contributed by atoms with Crippen molar-refractivity contribution in [1.82, 2.24) is 10.2 Å². The number of carbonyl (C=O) groups excluding carboxylic acids is 1. The monoisotopic (exact) mass is 244 g/mol. The van der Waals surface area contributed by atoms with Gasteiger partial charge in [0.15, 0.2) is 0 Å². The summed E-state index contributed by atoms with van der Waals surface area (Å²) < 4.78 is 5.04. The van der Waals surface area contributed by atoms with E-state index in [-0.39, 0.29) is 11.4 Å². The number of amides is 1. The fraction of sp³-hybridized carbons (Fsp3) is 0.923. The van der Waals surface area contributed by atoms with Crippen molar-refractivity contribution in [1.29, 1.82) is 0 Å². The van der Waals surface area contributed by atoms with Gasteiger partial charge in [-0.15, -0.1) is 0 Å². The molecule has 0 aliphatic carbocycles. The highest BCUT2D eigenvalue weighted by molar-refractivity contribution is 5.78. The van der Waals surface area contributed by atoms with Crippen LogP contribution in [0.1, 0.15) is 34.6 Å². The molecule has 0 atom stereocenters. The first kappa shape index (κ1) is 16.4. The molecule has 0 heterocycles. The Labute approximate surface area is 106 Å². The number of methoxy groups -OCH3 is 1. The van der Waals surface area contributed by atoms with Gasteiger partial charge in [-0.05, 0) is 26.7 Å². The summed E-state index contributed by atoms with van der Waals surface area (Å²) in [6, 6.07) is 0. The van der Waals surface area contributed by atoms with Crippen LogP contribution >= 0.6 is 0 Å². The maximum absolute atomic E-state index is 12.0. The molecule has 4 nitrogen and oxygen atoms in total. The van der Waals surface area contributed by atoms with E-state index in [1.54, 1.807) is 7.11 Å². The molecule has 0 saturated heterocycles. The molecule has 0 aliphatic rings. The van der Waals surface area contributed by atoms with Crippen LogP contribution in [0.3, 0.4) is 0 Å². The summed E-state index contributed by atoms with van der Waals surface area (Å²) in [6.45, 7) is 12.8. The van der Waals surface area contributed by atoms with Gasteiger partial charge in [-0.25, -0.2) is 0 Å². The lowest BCUT2D eigenvalue weighted by Crippen LogP contribution is -2.46. The van der Waals surface area contributed by atoms with Crippen LogP contribution in [0.4, 0.5) is 0 Å². The number of ether oxygens (including phenoxy) is 1. The first-order valence-corrected chi connectivity index (χ1v) is 6.28. The van der Waals surface area contributed by atoms with Crippen molar-refractivity contribution in [2.24, 2.45) is 5.92 Å². The van der Waals surface area contributed by atoms with Crippen molar-refractivity contribution in [2.45, 2.75) is 40.2 Å². The molecule has 1 N–H and O–H groups in total. The van der Waals surface area contributed by atoms with Crippen LogP contribution in [0.25, 0.3) is 0 Å². The number of carbonyl (C=O) groups is 1. The van der Waals surface area contributed by atoms with E-state index in [1.807, 2.05) is 4.90 Å². The fourth-order valence-electron chi connectivity index (χ4n) is 1.41. The molecule has 0 bridgehead atoms. The van der Waals surface area contributed by atoms with E-state index in [2.05, 4.69) is 39.9 Å². The Morgan fingerprint density at radius 2 is 1.94 bits per heavy atom. The normalized spacial score (nSPS) is 11.9. The molecule has 0 spiro atoms. The van der Waals surface area contributed by atoms with Crippen molar-refractivity contribution in [3.05, 3.63) is 0 Å². The largest absolute Gasteiger partial charge is 0.383 e. The number of nitrogens with zero attached hydrogens (tertiary/aromatic N) is 1. The zero-order chi connectivity index (χ0) is 13.5. The third kappa shape index (κ3) is 9.12. The van der Waals surface area contributed by atoms with E-state index in [4.69, 9.17) is 4.74 Å². The van der Waals surface area contributed by atoms with Crippen LogP contribution in [0.2, 0.25) is 0 Å². The van der Waals surface area contributed by atoms with Crippen molar-refractivity contribution in [3.8, 4) is 0 Å². The molecule has 0 fully saturated rings. The van der Waals surface area contributed by atoms with E-state index in [1.165, 1.54) is 0 Å². The SMILES string of the molecule is COCCN(CC(C)C)C(=O)CNC(C)(C)C. The lowest BCUT2D eigenvalue weighted by atomic mass is 10.1. The Bertz CT molecular complexity index is 222. The van der Waals surface area contributed by atoms with Gasteiger partial charge in [0.1, 0.15) is 0 Å². The van der Waals surface area contributed by atoms with Crippen molar-refractivity contribution < 1.29 is 9.53 Å². The highest BCUT2D eigenvalue weighted by atomic mass is 16.5. The molecule has 0 radical (unpaired) electrons. The molecule has 1 amide bonds. The molecular weight excluding hydrogens is 216 g/mol. The average molecular weight is 244 g/mol. The Hall–Kier alpha value is -0.610. The summed E-state index contributed by atoms with van der Waals surface area (Å²) >= 11 is 0. The fourth-order valence-corrected chi connectivity index (χ4v) is 1.41. The first-order chi connectivity index (χ1) is 7.76. The van der Waals surface area contributed by atoms with Crippen LogP contribution in [-0.4, -0.2) is 49.7 Å². The Morgan fingerprint density at radius 1 is 1.35 bits per heavy atom. The number of rotatable bonds is 7. The molecule has 0 aromatic rings. The zero-order valence-electron chi connectivity index (χ0n) is 12.2. The van der Waals surface area contributed by atoms with Gasteiger partial charge in [0.25, 0.3) is 0 Å². The highest BCUT2D eigenvalue weighted by Crippen LogP contribution is 2.01. The minimum absolute atomic E-state index is 0.0274. The topological polar surface area (TPSA) is 41.6 Å². The second-order valence-electron chi connectivity index (χ2n) is 5.83. The van der Waals surface area contributed by atoms with Crippen LogP contribution in [0, 0.1) is 5.92 Å². The maximum atomic E-state index is 12.0. The van der Waals surface area contributed by atoms with Crippen LogP contribution < -0.4 is 5.32 Å². The van der Waals surface area contributed by atoms with Gasteiger partial charge in [-0.1, -0.05) is 13.8 Å². The standard InChI is InChI=1S/C13H28N2O2/c1-11(2)10-15(7-8-17-6)12(16)9-14-13(3,4)5/h11,14H,7-10H2,1-6H3. The first-order valence-electron chi connectivity index (χ1n) is 6.28. The van der Waals surface area contributed by atoms with Gasteiger partial charge in [0.2, 0.25) is 5.91 Å². The summed E-state index contributed by atoms with van der Waals surface area (Å²) in [6.07, 6.45) is 0. The summed E-state index contributed by atoms with van der Waals surface area (Å²) in [4.78, 5) is 13.9. The van der Waals surface area contributed by atoms with E-state index < -0.39 is 0 Å². The Balaban J connectivity index is 4.21. The van der Waals surface area contributed by atoms with Gasteiger partial charge < -0.3 is 15.0 Å². The molecular formula is C13H28N2O2. The number of nitrogens with one attached hydrogen (secondary N) is 1. The summed E-state index contributed by atoms with van der Waals surface area (Å²) in [7, 11) is 1.66. The number of hydrogen-bond acceptors (Lipinski definition) is 3. The predicted octanol–water partition coefficient (Wildman–Crippen LogP) is 1.51. The summed E-state index contributed by atoms with van der Waals surface area (Å²) in [5.74, 6) is 0.621. The Morgan fingerprint density at radius 3 is 2.35 bits per heavy atom. The van der Waals surface area contributed by atoms with Crippen molar-refractivity contribution in [2.75, 3.05) is 33.4 Å². The molecule has 0 aromatic carbocycles. The van der Waals surface area contributed by atoms with Crippen LogP contribution in [0.15, 0.2) is 0 Å². The third-order valence-electron chi connectivity index (χ3n) is 2.27. The maximum Gasteiger partial charge on any atom is 0.236 e. The zero-order valence-corrected chi connectivity index (χ0v) is 12.2. The van der Waals surface area contributed by atoms with Crippen molar-refractivity contribution in [3.63, 3.8) is 0 Å². The second-order valence-corrected chi connectivity index (χ2v) is 5.83. The van der Waals surface area contributed by atoms with Gasteiger partial charge in [0, 0.05) is 25.7 Å². The molecule has 4 heteroatoms. The molecule has 0 aliphatic heterocycles. The molecule has 17 heavy (non-hydrogen) atoms. The van der Waals surface area contributed by atoms with E-state index in [0.29, 0.717) is 25.6 Å². The summed E-state index contributed by atoms with van der Waals surface area (Å²) in [5, 5.41) is 3.22. The van der Waals surface area contributed by atoms with Gasteiger partial charge >= 0.3 is 0 Å². The van der Waals surface area contributed by atoms with E-state index in [0.717, 1.165) is 6.54 Å². The molecule has 0 unspecified atom stereocenters. The quantitative estimate of drug-likeness (QED) is 0.738. The molecule has 0 saturated carbocycles. The summed E-state index contributed by atoms with van der Waals surface area (Å²) in [5.41, 5.74) is -0.0274. The molecule has 0 aromatic heterocycles. The van der Waals surface area contributed by atoms with Crippen LogP contribution in [-0.2, 0) is 9.53 Å². The van der Waals surface area contributed by atoms with Gasteiger partial charge in [-0.3, -0.25) is 4.79 Å². The average Bonchev–Trinajstić information content (AvgIpc) is 2.19. The molecule has 0 rings (SSSR count). The van der Waals surface area contributed by atoms with E-state index in [9.17, 15) is 4.79 Å². The number of hydrogen-bond donors (Lipinski definition) is 1. The van der Waals surface area contributed by atoms with Gasteiger partial charge in [0.05, 0.1) is 13.2 Å². The smallest absolute Gasteiger partial charge is 0.236 e.